The molecule has 1 N–H and O–H groups in total. The molecule has 1 heterocycles. The van der Waals surface area contributed by atoms with Gasteiger partial charge in [0, 0.05) is 17.3 Å². The molecular weight excluding hydrogens is 352 g/mol. The highest BCUT2D eigenvalue weighted by atomic mass is 16.5. The SMILES string of the molecule is COc1ccc(-c2ccc3c(c2)c(C#N)cn3-c2ccc(C(=O)O)cc2)cc1. The van der Waals surface area contributed by atoms with Crippen molar-refractivity contribution in [1.82, 2.24) is 4.57 Å². The third kappa shape index (κ3) is 2.97. The van der Waals surface area contributed by atoms with Gasteiger partial charge in [-0.2, -0.15) is 5.26 Å². The highest BCUT2D eigenvalue weighted by Gasteiger charge is 2.12. The number of aromatic carboxylic acids is 1. The second-order valence-corrected chi connectivity index (χ2v) is 6.34. The first-order valence-electron chi connectivity index (χ1n) is 8.64. The fourth-order valence-corrected chi connectivity index (χ4v) is 3.26. The summed E-state index contributed by atoms with van der Waals surface area (Å²) in [7, 11) is 1.63. The lowest BCUT2D eigenvalue weighted by Crippen LogP contribution is -1.97. The van der Waals surface area contributed by atoms with Gasteiger partial charge in [-0.15, -0.1) is 0 Å². The molecule has 0 saturated carbocycles. The summed E-state index contributed by atoms with van der Waals surface area (Å²) >= 11 is 0. The van der Waals surface area contributed by atoms with Crippen molar-refractivity contribution in [2.24, 2.45) is 0 Å². The van der Waals surface area contributed by atoms with E-state index < -0.39 is 5.97 Å². The molecule has 0 aliphatic heterocycles. The van der Waals surface area contributed by atoms with E-state index in [9.17, 15) is 10.1 Å². The van der Waals surface area contributed by atoms with Crippen molar-refractivity contribution in [3.05, 3.63) is 84.1 Å². The molecule has 0 spiro atoms. The van der Waals surface area contributed by atoms with Gasteiger partial charge >= 0.3 is 5.97 Å². The summed E-state index contributed by atoms with van der Waals surface area (Å²) in [6.07, 6.45) is 1.78. The largest absolute Gasteiger partial charge is 0.497 e. The van der Waals surface area contributed by atoms with Crippen LogP contribution in [0.15, 0.2) is 72.9 Å². The van der Waals surface area contributed by atoms with Crippen LogP contribution in [0.1, 0.15) is 15.9 Å². The van der Waals surface area contributed by atoms with Gasteiger partial charge in [0.15, 0.2) is 0 Å². The van der Waals surface area contributed by atoms with Gasteiger partial charge in [0.25, 0.3) is 0 Å². The molecule has 0 aliphatic carbocycles. The molecule has 0 aliphatic rings. The first-order chi connectivity index (χ1) is 13.6. The minimum absolute atomic E-state index is 0.225. The molecule has 0 amide bonds. The van der Waals surface area contributed by atoms with Gasteiger partial charge in [-0.1, -0.05) is 18.2 Å². The number of hydrogen-bond acceptors (Lipinski definition) is 3. The van der Waals surface area contributed by atoms with Crippen LogP contribution in [-0.2, 0) is 0 Å². The number of rotatable bonds is 4. The maximum atomic E-state index is 11.1. The van der Waals surface area contributed by atoms with E-state index >= 15 is 0 Å². The minimum atomic E-state index is -0.967. The third-order valence-electron chi connectivity index (χ3n) is 4.74. The van der Waals surface area contributed by atoms with Crippen LogP contribution in [0.25, 0.3) is 27.7 Å². The number of methoxy groups -OCH3 is 1. The lowest BCUT2D eigenvalue weighted by molar-refractivity contribution is 0.0697. The second-order valence-electron chi connectivity index (χ2n) is 6.34. The first-order valence-corrected chi connectivity index (χ1v) is 8.64. The van der Waals surface area contributed by atoms with Gasteiger partial charge in [0.05, 0.1) is 23.8 Å². The quantitative estimate of drug-likeness (QED) is 0.557. The Labute approximate surface area is 161 Å². The van der Waals surface area contributed by atoms with Gasteiger partial charge in [-0.25, -0.2) is 4.79 Å². The average Bonchev–Trinajstić information content (AvgIpc) is 3.12. The fraction of sp³-hybridized carbons (Fsp3) is 0.0435. The monoisotopic (exact) mass is 368 g/mol. The van der Waals surface area contributed by atoms with Gasteiger partial charge < -0.3 is 14.4 Å². The van der Waals surface area contributed by atoms with Crippen molar-refractivity contribution < 1.29 is 14.6 Å². The predicted molar refractivity (Wildman–Crippen MR) is 107 cm³/mol. The Kier molecular flexibility index (Phi) is 4.30. The highest BCUT2D eigenvalue weighted by Crippen LogP contribution is 2.30. The fourth-order valence-electron chi connectivity index (χ4n) is 3.26. The van der Waals surface area contributed by atoms with Gasteiger partial charge in [0.1, 0.15) is 11.8 Å². The normalized spacial score (nSPS) is 10.6. The number of aromatic nitrogens is 1. The van der Waals surface area contributed by atoms with Crippen LogP contribution in [0.3, 0.4) is 0 Å². The molecule has 0 unspecified atom stereocenters. The van der Waals surface area contributed by atoms with Crippen LogP contribution in [0.4, 0.5) is 0 Å². The molecule has 5 nitrogen and oxygen atoms in total. The van der Waals surface area contributed by atoms with E-state index in [1.54, 1.807) is 37.6 Å². The van der Waals surface area contributed by atoms with Crippen LogP contribution in [0.5, 0.6) is 5.75 Å². The summed E-state index contributed by atoms with van der Waals surface area (Å²) in [5, 5.41) is 19.5. The highest BCUT2D eigenvalue weighted by molar-refractivity contribution is 5.92. The smallest absolute Gasteiger partial charge is 0.335 e. The lowest BCUT2D eigenvalue weighted by Gasteiger charge is -2.08. The van der Waals surface area contributed by atoms with E-state index in [1.807, 2.05) is 47.0 Å². The molecule has 4 rings (SSSR count). The molecule has 28 heavy (non-hydrogen) atoms. The lowest BCUT2D eigenvalue weighted by atomic mass is 10.0. The van der Waals surface area contributed by atoms with Crippen molar-refractivity contribution in [3.63, 3.8) is 0 Å². The Hall–Kier alpha value is -4.04. The molecule has 0 radical (unpaired) electrons. The van der Waals surface area contributed by atoms with E-state index in [1.165, 1.54) is 0 Å². The van der Waals surface area contributed by atoms with Crippen molar-refractivity contribution in [2.45, 2.75) is 0 Å². The maximum absolute atomic E-state index is 11.1. The van der Waals surface area contributed by atoms with Crippen molar-refractivity contribution in [1.29, 1.82) is 5.26 Å². The zero-order valence-electron chi connectivity index (χ0n) is 15.1. The summed E-state index contributed by atoms with van der Waals surface area (Å²) in [5.74, 6) is -0.177. The van der Waals surface area contributed by atoms with Gasteiger partial charge in [0.2, 0.25) is 0 Å². The Morgan fingerprint density at radius 2 is 1.68 bits per heavy atom. The van der Waals surface area contributed by atoms with E-state index in [2.05, 4.69) is 6.07 Å². The maximum Gasteiger partial charge on any atom is 0.335 e. The number of hydrogen-bond donors (Lipinski definition) is 1. The summed E-state index contributed by atoms with van der Waals surface area (Å²) in [6, 6.07) is 22.6. The van der Waals surface area contributed by atoms with Crippen molar-refractivity contribution >= 4 is 16.9 Å². The number of benzene rings is 3. The molecule has 4 aromatic rings. The second kappa shape index (κ2) is 6.93. The third-order valence-corrected chi connectivity index (χ3v) is 4.74. The van der Waals surface area contributed by atoms with E-state index in [4.69, 9.17) is 9.84 Å². The number of carbonyl (C=O) groups is 1. The van der Waals surface area contributed by atoms with Crippen LogP contribution in [-0.4, -0.2) is 22.8 Å². The standard InChI is InChI=1S/C23H16N2O3/c1-28-20-9-4-15(5-10-20)17-6-11-22-21(12-17)18(13-24)14-25(22)19-7-2-16(3-8-19)23(26)27/h2-12,14H,1H3,(H,26,27). The minimum Gasteiger partial charge on any atom is -0.497 e. The molecule has 0 bridgehead atoms. The van der Waals surface area contributed by atoms with Crippen molar-refractivity contribution in [2.75, 3.05) is 7.11 Å². The zero-order chi connectivity index (χ0) is 19.7. The average molecular weight is 368 g/mol. The Bertz CT molecular complexity index is 1210. The van der Waals surface area contributed by atoms with Crippen LogP contribution in [0.2, 0.25) is 0 Å². The van der Waals surface area contributed by atoms with Crippen LogP contribution < -0.4 is 4.74 Å². The zero-order valence-corrected chi connectivity index (χ0v) is 15.1. The van der Waals surface area contributed by atoms with Gasteiger partial charge in [-0.3, -0.25) is 0 Å². The molecule has 0 saturated heterocycles. The first kappa shape index (κ1) is 17.4. The number of carboxylic acid groups (broad SMARTS) is 1. The molecule has 0 fully saturated rings. The molecule has 3 aromatic carbocycles. The number of ether oxygens (including phenoxy) is 1. The van der Waals surface area contributed by atoms with E-state index in [-0.39, 0.29) is 5.56 Å². The van der Waals surface area contributed by atoms with E-state index in [0.717, 1.165) is 33.5 Å². The predicted octanol–water partition coefficient (Wildman–Crippen LogP) is 4.88. The number of carboxylic acids is 1. The number of nitrogens with zero attached hydrogens (tertiary/aromatic N) is 2. The van der Waals surface area contributed by atoms with E-state index in [0.29, 0.717) is 5.56 Å². The van der Waals surface area contributed by atoms with Gasteiger partial charge in [-0.05, 0) is 59.7 Å². The van der Waals surface area contributed by atoms with Crippen LogP contribution in [0, 0.1) is 11.3 Å². The number of fused-ring (bicyclic) bond motifs is 1. The summed E-state index contributed by atoms with van der Waals surface area (Å²) in [5.41, 5.74) is 4.51. The molecular formula is C23H16N2O3. The molecule has 1 aromatic heterocycles. The topological polar surface area (TPSA) is 75.2 Å². The summed E-state index contributed by atoms with van der Waals surface area (Å²) in [6.45, 7) is 0. The Morgan fingerprint density at radius 3 is 2.29 bits per heavy atom. The Balaban J connectivity index is 1.82. The Morgan fingerprint density at radius 1 is 1.00 bits per heavy atom. The molecule has 0 atom stereocenters. The summed E-state index contributed by atoms with van der Waals surface area (Å²) in [4.78, 5) is 11.1. The summed E-state index contributed by atoms with van der Waals surface area (Å²) < 4.78 is 7.10. The van der Waals surface area contributed by atoms with Crippen molar-refractivity contribution in [3.8, 4) is 28.6 Å². The molecule has 136 valence electrons. The van der Waals surface area contributed by atoms with Crippen LogP contribution >= 0.6 is 0 Å². The number of nitriles is 1. The molecule has 5 heteroatoms.